The van der Waals surface area contributed by atoms with E-state index >= 15 is 0 Å². The smallest absolute Gasteiger partial charge is 0.200 e. The molecule has 2 bridgehead atoms. The first-order chi connectivity index (χ1) is 25.6. The Bertz CT molecular complexity index is 1910. The molecular weight excluding hydrogens is 766 g/mol. The fourth-order valence-corrected chi connectivity index (χ4v) is 6.81. The molecule has 0 amide bonds. The third kappa shape index (κ3) is 9.02. The number of benzene rings is 4. The van der Waals surface area contributed by atoms with Crippen LogP contribution in [0.4, 0.5) is 65.9 Å². The fraction of sp³-hybridized carbons (Fsp3) is 0.316. The van der Waals surface area contributed by atoms with Gasteiger partial charge in [0.2, 0.25) is 5.82 Å². The highest BCUT2D eigenvalue weighted by molar-refractivity contribution is 6.99. The first-order valence-electron chi connectivity index (χ1n) is 16.9. The van der Waals surface area contributed by atoms with Crippen LogP contribution in [-0.2, 0) is 0 Å². The Hall–Kier alpha value is -4.41. The molecule has 1 nitrogen and oxygen atoms in total. The van der Waals surface area contributed by atoms with Crippen molar-refractivity contribution in [1.82, 2.24) is 0 Å². The third-order valence-electron chi connectivity index (χ3n) is 9.49. The number of hydrogen-bond donors (Lipinski definition) is 1. The Morgan fingerprint density at radius 3 is 1.05 bits per heavy atom. The van der Waals surface area contributed by atoms with Gasteiger partial charge in [-0.25, -0.2) is 65.9 Å². The number of allylic oxidation sites excluding steroid dienone is 1. The van der Waals surface area contributed by atoms with E-state index in [9.17, 15) is 65.9 Å². The zero-order chi connectivity index (χ0) is 41.3. The van der Waals surface area contributed by atoms with E-state index in [1.807, 2.05) is 23.1 Å². The number of quaternary nitrogens is 1. The van der Waals surface area contributed by atoms with Gasteiger partial charge in [-0.05, 0) is 37.5 Å². The van der Waals surface area contributed by atoms with Crippen LogP contribution in [0.15, 0.2) is 36.4 Å². The molecule has 0 saturated carbocycles. The normalized spacial score (nSPS) is 16.8. The Morgan fingerprint density at radius 1 is 0.509 bits per heavy atom. The van der Waals surface area contributed by atoms with Crippen LogP contribution in [0.5, 0.6) is 0 Å². The number of halogens is 15. The molecule has 3 saturated heterocycles. The third-order valence-corrected chi connectivity index (χ3v) is 9.49. The van der Waals surface area contributed by atoms with Gasteiger partial charge in [-0.3, -0.25) is 0 Å². The molecule has 17 heteroatoms. The largest absolute Gasteiger partial charge is 0.335 e. The van der Waals surface area contributed by atoms with Crippen LogP contribution >= 0.6 is 0 Å². The van der Waals surface area contributed by atoms with Crippen LogP contribution in [-0.4, -0.2) is 26.3 Å². The van der Waals surface area contributed by atoms with E-state index in [4.69, 9.17) is 0 Å². The maximum Gasteiger partial charge on any atom is 0.200 e. The molecule has 0 aliphatic carbocycles. The molecule has 298 valence electrons. The first kappa shape index (κ1) is 43.3. The molecule has 55 heavy (non-hydrogen) atoms. The highest BCUT2D eigenvalue weighted by Gasteiger charge is 2.38. The van der Waals surface area contributed by atoms with Gasteiger partial charge in [0.15, 0.2) is 58.2 Å². The lowest BCUT2D eigenvalue weighted by molar-refractivity contribution is -0.916. The maximum atomic E-state index is 15.0. The topological polar surface area (TPSA) is 4.44 Å². The highest BCUT2D eigenvalue weighted by Crippen LogP contribution is 2.35. The van der Waals surface area contributed by atoms with Gasteiger partial charge in [-0.2, -0.15) is 5.47 Å². The Labute approximate surface area is 306 Å². The van der Waals surface area contributed by atoms with Crippen molar-refractivity contribution in [2.45, 2.75) is 47.0 Å². The van der Waals surface area contributed by atoms with Crippen molar-refractivity contribution in [3.63, 3.8) is 0 Å². The number of piperidine rings is 3. The van der Waals surface area contributed by atoms with Crippen LogP contribution in [0, 0.1) is 106 Å². The number of fused-ring (bicyclic) bond motifs is 3. The van der Waals surface area contributed by atoms with E-state index in [1.54, 1.807) is 0 Å². The van der Waals surface area contributed by atoms with Gasteiger partial charge in [-0.15, -0.1) is 17.0 Å². The van der Waals surface area contributed by atoms with E-state index < -0.39 is 121 Å². The zero-order valence-electron chi connectivity index (χ0n) is 29.7. The number of nitrogens with one attached hydrogen (secondary N) is 1. The number of rotatable bonds is 4. The minimum absolute atomic E-state index is 0.362. The summed E-state index contributed by atoms with van der Waals surface area (Å²) in [4.78, 5) is 1.87. The summed E-state index contributed by atoms with van der Waals surface area (Å²) in [7, 11) is 0. The second-order valence-corrected chi connectivity index (χ2v) is 14.5. The molecule has 4 aromatic rings. The Kier molecular flexibility index (Phi) is 13.5. The van der Waals surface area contributed by atoms with Crippen molar-refractivity contribution < 1.29 is 70.8 Å². The molecule has 3 aliphatic rings. The lowest BCUT2D eigenvalue weighted by Gasteiger charge is -2.35. The molecule has 0 spiro atoms. The number of aryl methyl sites for hydroxylation is 1. The summed E-state index contributed by atoms with van der Waals surface area (Å²) in [6, 6.07) is 10.3. The van der Waals surface area contributed by atoms with Crippen LogP contribution < -0.4 is 15.8 Å². The maximum absolute atomic E-state index is 15.0. The van der Waals surface area contributed by atoms with E-state index in [-0.39, 0.29) is 0 Å². The van der Waals surface area contributed by atoms with Crippen molar-refractivity contribution in [3.05, 3.63) is 135 Å². The molecule has 7 rings (SSSR count). The lowest BCUT2D eigenvalue weighted by atomic mass is 9.34. The van der Waals surface area contributed by atoms with Crippen molar-refractivity contribution in [1.29, 1.82) is 0 Å². The predicted molar refractivity (Wildman–Crippen MR) is 177 cm³/mol. The van der Waals surface area contributed by atoms with Crippen molar-refractivity contribution in [3.8, 4) is 0 Å². The SMILES string of the molecule is C1C[NH+]2CCC1CC2.CC(C)(C)/C=C(/[BH-](c1c(F)c(F)c(F)c(F)c1F)c1c(F)c(F)c(F)c(F)c1F)c1c(F)c(F)c(F)c(F)c1F.Cc1ccccc1. The molecule has 3 aliphatic heterocycles. The first-order valence-corrected chi connectivity index (χ1v) is 16.9. The van der Waals surface area contributed by atoms with Gasteiger partial charge >= 0.3 is 0 Å². The minimum Gasteiger partial charge on any atom is -0.335 e. The molecule has 4 aromatic carbocycles. The zero-order valence-corrected chi connectivity index (χ0v) is 29.7. The van der Waals surface area contributed by atoms with Crippen LogP contribution in [0.2, 0.25) is 0 Å². The van der Waals surface area contributed by atoms with Crippen LogP contribution in [0.25, 0.3) is 5.47 Å². The van der Waals surface area contributed by atoms with E-state index in [0.717, 1.165) is 26.7 Å². The second kappa shape index (κ2) is 17.2. The number of hydrogen-bond acceptors (Lipinski definition) is 0. The van der Waals surface area contributed by atoms with Gasteiger partial charge in [0.05, 0.1) is 26.3 Å². The molecule has 3 fully saturated rings. The van der Waals surface area contributed by atoms with Gasteiger partial charge in [-0.1, -0.05) is 56.7 Å². The summed E-state index contributed by atoms with van der Waals surface area (Å²) in [6.07, 6.45) is 4.93. The predicted octanol–water partition coefficient (Wildman–Crippen LogP) is 8.46. The Morgan fingerprint density at radius 2 is 0.818 bits per heavy atom. The monoisotopic (exact) mass is 799 g/mol. The average Bonchev–Trinajstić information content (AvgIpc) is 3.16. The summed E-state index contributed by atoms with van der Waals surface area (Å²) in [6.45, 7) is 4.90. The van der Waals surface area contributed by atoms with Crippen molar-refractivity contribution >= 4 is 23.1 Å². The summed E-state index contributed by atoms with van der Waals surface area (Å²) in [5.74, 6) is -41.4. The Balaban J connectivity index is 0.000000364. The second-order valence-electron chi connectivity index (χ2n) is 14.5. The van der Waals surface area contributed by atoms with E-state index in [2.05, 4.69) is 19.1 Å². The highest BCUT2D eigenvalue weighted by atomic mass is 19.2. The molecule has 0 atom stereocenters. The van der Waals surface area contributed by atoms with Crippen LogP contribution in [0.1, 0.15) is 51.2 Å². The minimum atomic E-state index is -4.84. The lowest BCUT2D eigenvalue weighted by Crippen LogP contribution is -3.14. The summed E-state index contributed by atoms with van der Waals surface area (Å²) in [5, 5.41) is 0. The average molecular weight is 799 g/mol. The van der Waals surface area contributed by atoms with Crippen molar-refractivity contribution in [2.24, 2.45) is 11.3 Å². The summed E-state index contributed by atoms with van der Waals surface area (Å²) >= 11 is 0. The quantitative estimate of drug-likeness (QED) is 0.0916. The molecule has 0 radical (unpaired) electrons. The van der Waals surface area contributed by atoms with E-state index in [0.29, 0.717) is 6.08 Å². The standard InChI is InChI=1S/C24H11BF15.C7H13N.C7H8/c1-24(2,3)4-5(6-9(26)15(32)21(38)16(33)10(6)27)25(7-11(28)17(34)22(39)18(35)12(7)29)8-13(30)19(36)23(40)20(37)14(8)31;1-4-8-5-2-7(1)3-6-8;1-7-5-3-2-4-6-7/h4,25H,1-3H3;7H,1-6H2;2-6H,1H3/q-1;;/p+1/b5-4+;;. The molecule has 0 unspecified atom stereocenters. The van der Waals surface area contributed by atoms with Crippen LogP contribution in [0.3, 0.4) is 0 Å². The van der Waals surface area contributed by atoms with E-state index in [1.165, 1.54) is 44.5 Å². The molecule has 3 heterocycles. The van der Waals surface area contributed by atoms with Gasteiger partial charge in [0.25, 0.3) is 0 Å². The summed E-state index contributed by atoms with van der Waals surface area (Å²) < 4.78 is 216. The van der Waals surface area contributed by atoms with Crippen molar-refractivity contribution in [2.75, 3.05) is 19.6 Å². The molecular formula is C38H33BF15N. The fourth-order valence-electron chi connectivity index (χ4n) is 6.81. The van der Waals surface area contributed by atoms with Gasteiger partial charge in [0, 0.05) is 5.56 Å². The summed E-state index contributed by atoms with van der Waals surface area (Å²) in [5.41, 5.74) is -8.92. The molecule has 1 N–H and O–H groups in total. The van der Waals surface area contributed by atoms with Gasteiger partial charge in [0.1, 0.15) is 23.3 Å². The molecule has 0 aromatic heterocycles. The van der Waals surface area contributed by atoms with Gasteiger partial charge < -0.3 is 4.90 Å².